The van der Waals surface area contributed by atoms with Crippen molar-refractivity contribution in [2.24, 2.45) is 0 Å². The van der Waals surface area contributed by atoms with Gasteiger partial charge in [-0.05, 0) is 48.9 Å². The Bertz CT molecular complexity index is 829. The molecule has 0 aliphatic carbocycles. The minimum atomic E-state index is -0.149. The van der Waals surface area contributed by atoms with Crippen molar-refractivity contribution in [3.63, 3.8) is 0 Å². The number of thioether (sulfide) groups is 1. The van der Waals surface area contributed by atoms with Gasteiger partial charge in [0.05, 0.1) is 0 Å². The monoisotopic (exact) mass is 431 g/mol. The Morgan fingerprint density at radius 2 is 1.79 bits per heavy atom. The predicted octanol–water partition coefficient (Wildman–Crippen LogP) is 5.11. The van der Waals surface area contributed by atoms with E-state index in [0.717, 1.165) is 36.5 Å². The molecule has 1 saturated heterocycles. The molecule has 1 fully saturated rings. The zero-order valence-corrected chi connectivity index (χ0v) is 18.3. The molecular weight excluding hydrogens is 404 g/mol. The summed E-state index contributed by atoms with van der Waals surface area (Å²) in [5, 5.41) is 0.841. The van der Waals surface area contributed by atoms with Gasteiger partial charge < -0.3 is 0 Å². The topological polar surface area (TPSA) is 46.2 Å². The molecule has 3 rings (SSSR count). The number of amides is 2. The van der Waals surface area contributed by atoms with Crippen LogP contribution in [0.15, 0.2) is 54.6 Å². The summed E-state index contributed by atoms with van der Waals surface area (Å²) in [7, 11) is 0. The van der Waals surface area contributed by atoms with Crippen molar-refractivity contribution >= 4 is 35.2 Å². The number of likely N-dealkylation sites (tertiary alicyclic amines) is 1. The van der Waals surface area contributed by atoms with Gasteiger partial charge in [0, 0.05) is 17.7 Å². The lowest BCUT2D eigenvalue weighted by molar-refractivity contribution is -0.924. The van der Waals surface area contributed by atoms with Crippen LogP contribution in [0.3, 0.4) is 0 Å². The molecule has 4 nitrogen and oxygen atoms in total. The van der Waals surface area contributed by atoms with E-state index in [4.69, 9.17) is 11.6 Å². The standard InChI is InChI=1S/C23H27ClN2O2S/c1-18(27)25-26(15-7-3-6-8-19-11-13-21(24)14-12-19)22(28)16-23(26)29-17-20-9-4-2-5-10-20/h2,4-5,9-14,23H,3,6-8,15-17H2,1H3/p+1. The van der Waals surface area contributed by atoms with Gasteiger partial charge in [-0.3, -0.25) is 4.79 Å². The Balaban J connectivity index is 1.51. The van der Waals surface area contributed by atoms with Crippen molar-refractivity contribution in [2.75, 3.05) is 6.54 Å². The SMILES string of the molecule is CC(=O)N[N+]1(CCCCCc2ccc(Cl)cc2)C(=O)CC1SCc1ccccc1. The fourth-order valence-corrected chi connectivity index (χ4v) is 5.22. The Labute approximate surface area is 182 Å². The maximum atomic E-state index is 12.6. The number of aryl methyl sites for hydroxylation is 1. The van der Waals surface area contributed by atoms with E-state index in [1.165, 1.54) is 18.1 Å². The highest BCUT2D eigenvalue weighted by Crippen LogP contribution is 2.38. The lowest BCUT2D eigenvalue weighted by Gasteiger charge is -2.47. The summed E-state index contributed by atoms with van der Waals surface area (Å²) in [6.07, 6.45) is 4.49. The molecule has 0 radical (unpaired) electrons. The third-order valence-electron chi connectivity index (χ3n) is 5.32. The second-order valence-corrected chi connectivity index (χ2v) is 9.15. The number of nitrogens with one attached hydrogen (secondary N) is 1. The highest BCUT2D eigenvalue weighted by molar-refractivity contribution is 7.99. The lowest BCUT2D eigenvalue weighted by atomic mass is 10.1. The van der Waals surface area contributed by atoms with Gasteiger partial charge in [-0.1, -0.05) is 65.8 Å². The Kier molecular flexibility index (Phi) is 7.76. The molecule has 0 saturated carbocycles. The third-order valence-corrected chi connectivity index (χ3v) is 6.98. The van der Waals surface area contributed by atoms with E-state index in [1.807, 2.05) is 30.3 Å². The Morgan fingerprint density at radius 1 is 1.07 bits per heavy atom. The van der Waals surface area contributed by atoms with E-state index >= 15 is 0 Å². The second kappa shape index (κ2) is 10.3. The van der Waals surface area contributed by atoms with Gasteiger partial charge in [0.15, 0.2) is 5.37 Å². The predicted molar refractivity (Wildman–Crippen MR) is 119 cm³/mol. The lowest BCUT2D eigenvalue weighted by Crippen LogP contribution is -2.75. The zero-order chi connectivity index (χ0) is 20.7. The van der Waals surface area contributed by atoms with Gasteiger partial charge in [0.1, 0.15) is 13.0 Å². The maximum absolute atomic E-state index is 12.6. The quantitative estimate of drug-likeness (QED) is 0.323. The number of carbonyl (C=O) groups is 2. The molecular formula is C23H28ClN2O2S+. The first-order valence-electron chi connectivity index (χ1n) is 10.1. The van der Waals surface area contributed by atoms with Crippen LogP contribution < -0.4 is 5.43 Å². The molecule has 2 unspecified atom stereocenters. The number of benzene rings is 2. The summed E-state index contributed by atoms with van der Waals surface area (Å²) < 4.78 is 0.0911. The summed E-state index contributed by atoms with van der Waals surface area (Å²) in [5.74, 6) is 0.808. The number of nitrogens with zero attached hydrogens (tertiary/aromatic N) is 1. The van der Waals surface area contributed by atoms with Crippen LogP contribution >= 0.6 is 23.4 Å². The van der Waals surface area contributed by atoms with E-state index in [2.05, 4.69) is 29.7 Å². The first-order valence-corrected chi connectivity index (χ1v) is 11.5. The van der Waals surface area contributed by atoms with Gasteiger partial charge in [0.2, 0.25) is 0 Å². The first-order chi connectivity index (χ1) is 14.0. The summed E-state index contributed by atoms with van der Waals surface area (Å²) in [4.78, 5) is 24.4. The molecule has 6 heteroatoms. The van der Waals surface area contributed by atoms with Gasteiger partial charge >= 0.3 is 5.91 Å². The van der Waals surface area contributed by atoms with Gasteiger partial charge in [-0.15, -0.1) is 4.59 Å². The third kappa shape index (κ3) is 5.84. The number of unbranched alkanes of at least 4 members (excludes halogenated alkanes) is 2. The van der Waals surface area contributed by atoms with Crippen LogP contribution in [-0.4, -0.2) is 28.3 Å². The van der Waals surface area contributed by atoms with Crippen LogP contribution in [0.4, 0.5) is 0 Å². The molecule has 2 amide bonds. The number of carbonyl (C=O) groups excluding carboxylic acids is 2. The molecule has 1 aliphatic rings. The molecule has 2 aromatic carbocycles. The van der Waals surface area contributed by atoms with Crippen LogP contribution in [0.2, 0.25) is 5.02 Å². The number of hydrogen-bond donors (Lipinski definition) is 1. The van der Waals surface area contributed by atoms with Crippen molar-refractivity contribution in [2.45, 2.75) is 50.2 Å². The van der Waals surface area contributed by atoms with E-state index in [-0.39, 0.29) is 21.8 Å². The van der Waals surface area contributed by atoms with Crippen molar-refractivity contribution in [1.82, 2.24) is 5.43 Å². The van der Waals surface area contributed by atoms with Crippen LogP contribution in [0.5, 0.6) is 0 Å². The second-order valence-electron chi connectivity index (χ2n) is 7.55. The van der Waals surface area contributed by atoms with Crippen LogP contribution in [0, 0.1) is 0 Å². The minimum Gasteiger partial charge on any atom is -0.270 e. The average Bonchev–Trinajstić information content (AvgIpc) is 2.71. The first kappa shape index (κ1) is 21.9. The van der Waals surface area contributed by atoms with Crippen molar-refractivity contribution in [3.05, 3.63) is 70.7 Å². The van der Waals surface area contributed by atoms with E-state index < -0.39 is 0 Å². The average molecular weight is 432 g/mol. The smallest absolute Gasteiger partial charge is 0.270 e. The fourth-order valence-electron chi connectivity index (χ4n) is 3.73. The number of quaternary nitrogens is 1. The molecule has 2 aromatic rings. The molecule has 0 spiro atoms. The highest BCUT2D eigenvalue weighted by atomic mass is 35.5. The molecule has 2 atom stereocenters. The molecule has 154 valence electrons. The van der Waals surface area contributed by atoms with E-state index in [9.17, 15) is 9.59 Å². The van der Waals surface area contributed by atoms with Gasteiger partial charge in [-0.25, -0.2) is 4.79 Å². The molecule has 0 bridgehead atoms. The summed E-state index contributed by atoms with van der Waals surface area (Å²) in [6, 6.07) is 18.2. The summed E-state index contributed by atoms with van der Waals surface area (Å²) in [6.45, 7) is 2.15. The number of hydrogen-bond acceptors (Lipinski definition) is 3. The largest absolute Gasteiger partial charge is 0.345 e. The summed E-state index contributed by atoms with van der Waals surface area (Å²) in [5.41, 5.74) is 5.47. The van der Waals surface area contributed by atoms with Crippen LogP contribution in [-0.2, 0) is 21.8 Å². The zero-order valence-electron chi connectivity index (χ0n) is 16.8. The summed E-state index contributed by atoms with van der Waals surface area (Å²) >= 11 is 7.69. The number of halogens is 1. The number of β-lactam (4-membered cyclic amide) rings is 1. The van der Waals surface area contributed by atoms with Crippen LogP contribution in [0.25, 0.3) is 0 Å². The fraction of sp³-hybridized carbons (Fsp3) is 0.391. The molecule has 1 heterocycles. The van der Waals surface area contributed by atoms with Gasteiger partial charge in [0.25, 0.3) is 5.91 Å². The Hall–Kier alpha value is -1.82. The minimum absolute atomic E-state index is 0.0860. The highest BCUT2D eigenvalue weighted by Gasteiger charge is 2.57. The Morgan fingerprint density at radius 3 is 2.45 bits per heavy atom. The van der Waals surface area contributed by atoms with E-state index in [0.29, 0.717) is 13.0 Å². The maximum Gasteiger partial charge on any atom is 0.345 e. The van der Waals surface area contributed by atoms with Gasteiger partial charge in [-0.2, -0.15) is 5.43 Å². The van der Waals surface area contributed by atoms with E-state index in [1.54, 1.807) is 11.8 Å². The normalized spacial score (nSPS) is 20.9. The molecule has 29 heavy (non-hydrogen) atoms. The van der Waals surface area contributed by atoms with Crippen molar-refractivity contribution in [1.29, 1.82) is 0 Å². The molecule has 1 aliphatic heterocycles. The van der Waals surface area contributed by atoms with Crippen molar-refractivity contribution < 1.29 is 14.2 Å². The van der Waals surface area contributed by atoms with Crippen molar-refractivity contribution in [3.8, 4) is 0 Å². The molecule has 0 aromatic heterocycles. The van der Waals surface area contributed by atoms with Crippen LogP contribution in [0.1, 0.15) is 43.7 Å². The number of rotatable bonds is 10. The molecule has 1 N–H and O–H groups in total.